The van der Waals surface area contributed by atoms with Gasteiger partial charge in [-0.2, -0.15) is 0 Å². The van der Waals surface area contributed by atoms with E-state index in [4.69, 9.17) is 9.47 Å². The normalized spacial score (nSPS) is 33.4. The number of carbonyl (C=O) groups is 1. The van der Waals surface area contributed by atoms with Gasteiger partial charge in [0.1, 0.15) is 0 Å². The number of morpholine rings is 2. The lowest BCUT2D eigenvalue weighted by molar-refractivity contribution is -0.144. The fourth-order valence-corrected chi connectivity index (χ4v) is 2.71. The standard InChI is InChI=1S/C13H24N2O4/c1-10-6-15(3-4-18-10)13(17)8-14-5-11(2)19-12(7-14)9-16/h10-12,16H,3-9H2,1-2H3. The SMILES string of the molecule is CC1CN(C(=O)CN2CC(C)OC(CO)C2)CCO1. The van der Waals surface area contributed by atoms with Gasteiger partial charge in [0.15, 0.2) is 0 Å². The van der Waals surface area contributed by atoms with Crippen LogP contribution in [0.2, 0.25) is 0 Å². The van der Waals surface area contributed by atoms with Gasteiger partial charge in [-0.05, 0) is 13.8 Å². The van der Waals surface area contributed by atoms with Gasteiger partial charge in [-0.25, -0.2) is 0 Å². The van der Waals surface area contributed by atoms with Gasteiger partial charge < -0.3 is 19.5 Å². The Balaban J connectivity index is 1.84. The van der Waals surface area contributed by atoms with Crippen molar-refractivity contribution in [1.82, 2.24) is 9.80 Å². The first-order valence-corrected chi connectivity index (χ1v) is 6.96. The second-order valence-electron chi connectivity index (χ2n) is 5.47. The van der Waals surface area contributed by atoms with E-state index in [2.05, 4.69) is 4.90 Å². The van der Waals surface area contributed by atoms with Gasteiger partial charge in [-0.3, -0.25) is 9.69 Å². The van der Waals surface area contributed by atoms with E-state index in [9.17, 15) is 9.90 Å². The number of hydrogen-bond donors (Lipinski definition) is 1. The van der Waals surface area contributed by atoms with Crippen LogP contribution in [0.25, 0.3) is 0 Å². The maximum absolute atomic E-state index is 12.2. The molecule has 3 unspecified atom stereocenters. The van der Waals surface area contributed by atoms with E-state index < -0.39 is 0 Å². The van der Waals surface area contributed by atoms with Crippen molar-refractivity contribution in [2.24, 2.45) is 0 Å². The Bertz CT molecular complexity index is 313. The van der Waals surface area contributed by atoms with Crippen molar-refractivity contribution in [2.45, 2.75) is 32.2 Å². The monoisotopic (exact) mass is 272 g/mol. The number of carbonyl (C=O) groups excluding carboxylic acids is 1. The van der Waals surface area contributed by atoms with Crippen LogP contribution in [0.15, 0.2) is 0 Å². The average Bonchev–Trinajstić information content (AvgIpc) is 2.38. The van der Waals surface area contributed by atoms with Crippen LogP contribution >= 0.6 is 0 Å². The molecule has 3 atom stereocenters. The lowest BCUT2D eigenvalue weighted by atomic mass is 10.2. The molecule has 0 saturated carbocycles. The third-order valence-electron chi connectivity index (χ3n) is 3.56. The van der Waals surface area contributed by atoms with E-state index in [0.717, 1.165) is 6.54 Å². The Kier molecular flexibility index (Phi) is 5.15. The summed E-state index contributed by atoms with van der Waals surface area (Å²) in [5, 5.41) is 9.18. The minimum Gasteiger partial charge on any atom is -0.394 e. The van der Waals surface area contributed by atoms with Gasteiger partial charge in [0.05, 0.1) is 38.1 Å². The molecule has 0 radical (unpaired) electrons. The molecule has 2 aliphatic heterocycles. The Morgan fingerprint density at radius 1 is 1.26 bits per heavy atom. The van der Waals surface area contributed by atoms with Crippen LogP contribution in [0.4, 0.5) is 0 Å². The molecule has 0 aromatic rings. The summed E-state index contributed by atoms with van der Waals surface area (Å²) in [4.78, 5) is 16.2. The summed E-state index contributed by atoms with van der Waals surface area (Å²) >= 11 is 0. The summed E-state index contributed by atoms with van der Waals surface area (Å²) in [6, 6.07) is 0. The molecule has 110 valence electrons. The molecule has 2 rings (SSSR count). The van der Waals surface area contributed by atoms with Crippen LogP contribution in [0.3, 0.4) is 0 Å². The molecule has 2 aliphatic rings. The molecule has 2 saturated heterocycles. The largest absolute Gasteiger partial charge is 0.394 e. The van der Waals surface area contributed by atoms with Crippen molar-refractivity contribution in [2.75, 3.05) is 45.9 Å². The number of nitrogens with zero attached hydrogens (tertiary/aromatic N) is 2. The van der Waals surface area contributed by atoms with Crippen molar-refractivity contribution in [3.8, 4) is 0 Å². The molecule has 0 bridgehead atoms. The second-order valence-corrected chi connectivity index (χ2v) is 5.47. The number of aliphatic hydroxyl groups is 1. The second kappa shape index (κ2) is 6.65. The van der Waals surface area contributed by atoms with E-state index in [1.165, 1.54) is 0 Å². The van der Waals surface area contributed by atoms with Gasteiger partial charge >= 0.3 is 0 Å². The third kappa shape index (κ3) is 4.14. The van der Waals surface area contributed by atoms with Crippen molar-refractivity contribution in [1.29, 1.82) is 0 Å². The van der Waals surface area contributed by atoms with Crippen LogP contribution in [0.5, 0.6) is 0 Å². The summed E-state index contributed by atoms with van der Waals surface area (Å²) in [7, 11) is 0. The molecular weight excluding hydrogens is 248 g/mol. The van der Waals surface area contributed by atoms with Gasteiger partial charge in [0.2, 0.25) is 5.91 Å². The first-order valence-electron chi connectivity index (χ1n) is 6.96. The summed E-state index contributed by atoms with van der Waals surface area (Å²) in [5.41, 5.74) is 0. The maximum atomic E-state index is 12.2. The van der Waals surface area contributed by atoms with E-state index in [0.29, 0.717) is 32.8 Å². The highest BCUT2D eigenvalue weighted by Gasteiger charge is 2.28. The summed E-state index contributed by atoms with van der Waals surface area (Å²) < 4.78 is 11.0. The summed E-state index contributed by atoms with van der Waals surface area (Å²) in [6.07, 6.45) is -0.00558. The van der Waals surface area contributed by atoms with Crippen LogP contribution in [-0.2, 0) is 14.3 Å². The zero-order chi connectivity index (χ0) is 13.8. The minimum atomic E-state index is -0.180. The topological polar surface area (TPSA) is 62.2 Å². The number of rotatable bonds is 3. The molecule has 6 heteroatoms. The van der Waals surface area contributed by atoms with Crippen molar-refractivity contribution >= 4 is 5.91 Å². The number of hydrogen-bond acceptors (Lipinski definition) is 5. The molecule has 2 heterocycles. The van der Waals surface area contributed by atoms with E-state index in [1.54, 1.807) is 0 Å². The fraction of sp³-hybridized carbons (Fsp3) is 0.923. The van der Waals surface area contributed by atoms with Crippen LogP contribution in [-0.4, -0.2) is 85.1 Å². The minimum absolute atomic E-state index is 0.00359. The zero-order valence-corrected chi connectivity index (χ0v) is 11.7. The molecule has 6 nitrogen and oxygen atoms in total. The Hall–Kier alpha value is -0.690. The molecule has 0 spiro atoms. The highest BCUT2D eigenvalue weighted by molar-refractivity contribution is 5.78. The van der Waals surface area contributed by atoms with Crippen LogP contribution < -0.4 is 0 Å². The smallest absolute Gasteiger partial charge is 0.236 e. The molecule has 1 amide bonds. The zero-order valence-electron chi connectivity index (χ0n) is 11.7. The van der Waals surface area contributed by atoms with Crippen LogP contribution in [0, 0.1) is 0 Å². The predicted molar refractivity (Wildman–Crippen MR) is 69.9 cm³/mol. The maximum Gasteiger partial charge on any atom is 0.236 e. The van der Waals surface area contributed by atoms with E-state index >= 15 is 0 Å². The third-order valence-corrected chi connectivity index (χ3v) is 3.56. The molecule has 0 aromatic carbocycles. The van der Waals surface area contributed by atoms with Gasteiger partial charge in [-0.15, -0.1) is 0 Å². The molecule has 1 N–H and O–H groups in total. The first kappa shape index (κ1) is 14.7. The van der Waals surface area contributed by atoms with Crippen molar-refractivity contribution in [3.05, 3.63) is 0 Å². The van der Waals surface area contributed by atoms with Crippen LogP contribution in [0.1, 0.15) is 13.8 Å². The lowest BCUT2D eigenvalue weighted by Gasteiger charge is -2.37. The molecule has 0 aliphatic carbocycles. The highest BCUT2D eigenvalue weighted by atomic mass is 16.5. The van der Waals surface area contributed by atoms with Gasteiger partial charge in [-0.1, -0.05) is 0 Å². The summed E-state index contributed by atoms with van der Waals surface area (Å²) in [5.74, 6) is 0.140. The number of amides is 1. The average molecular weight is 272 g/mol. The molecule has 2 fully saturated rings. The Morgan fingerprint density at radius 2 is 2.05 bits per heavy atom. The van der Waals surface area contributed by atoms with E-state index in [1.807, 2.05) is 18.7 Å². The highest BCUT2D eigenvalue weighted by Crippen LogP contribution is 2.12. The number of aliphatic hydroxyl groups excluding tert-OH is 1. The molecular formula is C13H24N2O4. The summed E-state index contributed by atoms with van der Waals surface area (Å²) in [6.45, 7) is 7.67. The molecule has 19 heavy (non-hydrogen) atoms. The van der Waals surface area contributed by atoms with Gasteiger partial charge in [0.25, 0.3) is 0 Å². The molecule has 0 aromatic heterocycles. The fourth-order valence-electron chi connectivity index (χ4n) is 2.71. The predicted octanol–water partition coefficient (Wildman–Crippen LogP) is -0.685. The lowest BCUT2D eigenvalue weighted by Crippen LogP contribution is -2.53. The van der Waals surface area contributed by atoms with Crippen molar-refractivity contribution in [3.63, 3.8) is 0 Å². The Morgan fingerprint density at radius 3 is 2.74 bits per heavy atom. The van der Waals surface area contributed by atoms with Crippen molar-refractivity contribution < 1.29 is 19.4 Å². The van der Waals surface area contributed by atoms with Gasteiger partial charge in [0, 0.05) is 26.2 Å². The van der Waals surface area contributed by atoms with E-state index in [-0.39, 0.29) is 30.8 Å². The Labute approximate surface area is 114 Å². The number of ether oxygens (including phenoxy) is 2. The first-order chi connectivity index (χ1) is 9.08. The quantitative estimate of drug-likeness (QED) is 0.737.